The maximum atomic E-state index is 14.3. The number of nitrogens with zero attached hydrogens (tertiary/aromatic N) is 4. The maximum absolute atomic E-state index is 14.3. The minimum absolute atomic E-state index is 0.233. The van der Waals surface area contributed by atoms with Gasteiger partial charge in [0.1, 0.15) is 11.6 Å². The van der Waals surface area contributed by atoms with Crippen LogP contribution in [0.25, 0.3) is 33.7 Å². The van der Waals surface area contributed by atoms with Gasteiger partial charge in [0.05, 0.1) is 17.3 Å². The Morgan fingerprint density at radius 3 is 2.84 bits per heavy atom. The van der Waals surface area contributed by atoms with Gasteiger partial charge in [-0.2, -0.15) is 5.10 Å². The molecule has 0 spiro atoms. The van der Waals surface area contributed by atoms with Gasteiger partial charge in [0.25, 0.3) is 0 Å². The van der Waals surface area contributed by atoms with E-state index in [9.17, 15) is 4.39 Å². The number of imidazole rings is 1. The third-order valence-corrected chi connectivity index (χ3v) is 4.10. The van der Waals surface area contributed by atoms with Crippen LogP contribution in [0.3, 0.4) is 0 Å². The number of halogens is 1. The number of aromatic amines is 1. The molecule has 3 heterocycles. The summed E-state index contributed by atoms with van der Waals surface area (Å²) in [6, 6.07) is 7.12. The highest BCUT2D eigenvalue weighted by Crippen LogP contribution is 2.29. The van der Waals surface area contributed by atoms with Crippen molar-refractivity contribution in [1.29, 1.82) is 0 Å². The fraction of sp³-hybridized carbons (Fsp3) is 0.167. The molecule has 25 heavy (non-hydrogen) atoms. The number of fused-ring (bicyclic) bond motifs is 1. The van der Waals surface area contributed by atoms with Crippen LogP contribution in [-0.2, 0) is 13.6 Å². The fourth-order valence-electron chi connectivity index (χ4n) is 2.88. The summed E-state index contributed by atoms with van der Waals surface area (Å²) in [5.74, 6) is 0.458. The minimum atomic E-state index is -0.233. The van der Waals surface area contributed by atoms with Gasteiger partial charge in [-0.15, -0.1) is 0 Å². The van der Waals surface area contributed by atoms with E-state index in [1.807, 2.05) is 25.4 Å². The molecular weight excluding hydrogens is 319 g/mol. The van der Waals surface area contributed by atoms with Crippen LogP contribution in [-0.4, -0.2) is 31.8 Å². The highest BCUT2D eigenvalue weighted by Gasteiger charge is 2.13. The van der Waals surface area contributed by atoms with Crippen LogP contribution in [0.15, 0.2) is 42.9 Å². The van der Waals surface area contributed by atoms with Gasteiger partial charge in [-0.05, 0) is 24.7 Å². The summed E-state index contributed by atoms with van der Waals surface area (Å²) < 4.78 is 16.0. The van der Waals surface area contributed by atoms with E-state index in [2.05, 4.69) is 25.4 Å². The monoisotopic (exact) mass is 336 g/mol. The van der Waals surface area contributed by atoms with E-state index in [1.54, 1.807) is 36.3 Å². The quantitative estimate of drug-likeness (QED) is 0.601. The Kier molecular flexibility index (Phi) is 3.77. The molecule has 0 saturated heterocycles. The Bertz CT molecular complexity index is 1050. The Morgan fingerprint density at radius 2 is 2.12 bits per heavy atom. The molecule has 0 saturated carbocycles. The van der Waals surface area contributed by atoms with Crippen LogP contribution in [0.1, 0.15) is 5.56 Å². The van der Waals surface area contributed by atoms with Crippen molar-refractivity contribution in [3.63, 3.8) is 0 Å². The second kappa shape index (κ2) is 6.10. The molecule has 0 amide bonds. The summed E-state index contributed by atoms with van der Waals surface area (Å²) in [6.07, 6.45) is 5.30. The summed E-state index contributed by atoms with van der Waals surface area (Å²) in [7, 11) is 3.65. The van der Waals surface area contributed by atoms with Crippen LogP contribution in [0.4, 0.5) is 4.39 Å². The van der Waals surface area contributed by atoms with Crippen molar-refractivity contribution in [2.24, 2.45) is 7.05 Å². The average molecular weight is 336 g/mol. The molecule has 126 valence electrons. The molecule has 7 heteroatoms. The van der Waals surface area contributed by atoms with E-state index in [-0.39, 0.29) is 5.82 Å². The Balaban J connectivity index is 1.82. The van der Waals surface area contributed by atoms with Crippen LogP contribution in [0.2, 0.25) is 0 Å². The first-order valence-corrected chi connectivity index (χ1v) is 7.93. The van der Waals surface area contributed by atoms with Crippen molar-refractivity contribution in [1.82, 2.24) is 30.0 Å². The van der Waals surface area contributed by atoms with E-state index >= 15 is 0 Å². The zero-order valence-electron chi connectivity index (χ0n) is 13.9. The van der Waals surface area contributed by atoms with Crippen LogP contribution in [0.5, 0.6) is 0 Å². The van der Waals surface area contributed by atoms with Crippen molar-refractivity contribution in [3.05, 3.63) is 54.2 Å². The molecule has 0 bridgehead atoms. The van der Waals surface area contributed by atoms with E-state index in [1.165, 1.54) is 0 Å². The molecular formula is C18H17FN6. The van der Waals surface area contributed by atoms with Gasteiger partial charge in [0, 0.05) is 37.1 Å². The van der Waals surface area contributed by atoms with Gasteiger partial charge in [-0.25, -0.2) is 14.4 Å². The first-order chi connectivity index (χ1) is 12.2. The lowest BCUT2D eigenvalue weighted by atomic mass is 10.0. The van der Waals surface area contributed by atoms with Gasteiger partial charge >= 0.3 is 0 Å². The lowest BCUT2D eigenvalue weighted by Crippen LogP contribution is -2.06. The number of rotatable bonds is 4. The number of aryl methyl sites for hydroxylation is 1. The van der Waals surface area contributed by atoms with Gasteiger partial charge in [0.15, 0.2) is 5.65 Å². The molecule has 2 N–H and O–H groups in total. The number of aromatic nitrogens is 5. The zero-order chi connectivity index (χ0) is 17.4. The van der Waals surface area contributed by atoms with Crippen molar-refractivity contribution in [2.45, 2.75) is 6.54 Å². The zero-order valence-corrected chi connectivity index (χ0v) is 13.9. The fourth-order valence-corrected chi connectivity index (χ4v) is 2.88. The first kappa shape index (κ1) is 15.5. The molecule has 0 aliphatic carbocycles. The minimum Gasteiger partial charge on any atom is -0.336 e. The predicted octanol–water partition coefficient (Wildman–Crippen LogP) is 2.88. The number of hydrogen-bond donors (Lipinski definition) is 2. The van der Waals surface area contributed by atoms with Crippen LogP contribution in [0, 0.1) is 5.82 Å². The molecule has 0 fully saturated rings. The van der Waals surface area contributed by atoms with Crippen molar-refractivity contribution >= 4 is 11.2 Å². The molecule has 0 radical (unpaired) electrons. The van der Waals surface area contributed by atoms with Crippen molar-refractivity contribution in [2.75, 3.05) is 7.05 Å². The third kappa shape index (κ3) is 2.78. The third-order valence-electron chi connectivity index (χ3n) is 4.10. The molecule has 4 rings (SSSR count). The van der Waals surface area contributed by atoms with Gasteiger partial charge in [-0.3, -0.25) is 4.68 Å². The number of pyridine rings is 1. The summed E-state index contributed by atoms with van der Waals surface area (Å²) in [5.41, 5.74) is 4.53. The lowest BCUT2D eigenvalue weighted by molar-refractivity contribution is 0.601. The van der Waals surface area contributed by atoms with Crippen LogP contribution < -0.4 is 5.32 Å². The number of H-pyrrole nitrogens is 1. The topological polar surface area (TPSA) is 71.4 Å². The number of benzene rings is 1. The predicted molar refractivity (Wildman–Crippen MR) is 94.2 cm³/mol. The first-order valence-electron chi connectivity index (χ1n) is 7.93. The molecule has 0 atom stereocenters. The van der Waals surface area contributed by atoms with Gasteiger partial charge < -0.3 is 10.3 Å². The standard InChI is InChI=1S/C18H17FN6/c1-20-8-12-4-3-11(7-15(12)19)14-5-6-21-18-16(14)23-17(24-18)13-9-22-25(2)10-13/h3-7,9-10,20H,8H2,1-2H3,(H,21,23,24). The SMILES string of the molecule is CNCc1ccc(-c2ccnc3nc(-c4cnn(C)c4)[nH]c23)cc1F. The largest absolute Gasteiger partial charge is 0.336 e. The van der Waals surface area contributed by atoms with E-state index < -0.39 is 0 Å². The highest BCUT2D eigenvalue weighted by molar-refractivity contribution is 5.91. The van der Waals surface area contributed by atoms with Crippen molar-refractivity contribution in [3.8, 4) is 22.5 Å². The lowest BCUT2D eigenvalue weighted by Gasteiger charge is -2.06. The highest BCUT2D eigenvalue weighted by atomic mass is 19.1. The second-order valence-electron chi connectivity index (χ2n) is 5.88. The molecule has 6 nitrogen and oxygen atoms in total. The summed E-state index contributed by atoms with van der Waals surface area (Å²) in [6.45, 7) is 0.493. The van der Waals surface area contributed by atoms with Crippen molar-refractivity contribution < 1.29 is 4.39 Å². The molecule has 1 aromatic carbocycles. The maximum Gasteiger partial charge on any atom is 0.178 e. The smallest absolute Gasteiger partial charge is 0.178 e. The normalized spacial score (nSPS) is 11.3. The Labute approximate surface area is 143 Å². The summed E-state index contributed by atoms with van der Waals surface area (Å²) >= 11 is 0. The Hall–Kier alpha value is -3.06. The molecule has 3 aromatic heterocycles. The van der Waals surface area contributed by atoms with Gasteiger partial charge in [0.2, 0.25) is 0 Å². The van der Waals surface area contributed by atoms with Crippen LogP contribution >= 0.6 is 0 Å². The van der Waals surface area contributed by atoms with E-state index in [0.29, 0.717) is 23.6 Å². The second-order valence-corrected chi connectivity index (χ2v) is 5.88. The molecule has 0 aliphatic heterocycles. The number of nitrogens with one attached hydrogen (secondary N) is 2. The average Bonchev–Trinajstić information content (AvgIpc) is 3.22. The molecule has 0 aliphatic rings. The Morgan fingerprint density at radius 1 is 1.24 bits per heavy atom. The van der Waals surface area contributed by atoms with E-state index in [0.717, 1.165) is 22.2 Å². The van der Waals surface area contributed by atoms with E-state index in [4.69, 9.17) is 0 Å². The summed E-state index contributed by atoms with van der Waals surface area (Å²) in [5, 5.41) is 7.13. The molecule has 0 unspecified atom stereocenters. The summed E-state index contributed by atoms with van der Waals surface area (Å²) in [4.78, 5) is 12.1. The van der Waals surface area contributed by atoms with Gasteiger partial charge in [-0.1, -0.05) is 12.1 Å². The number of hydrogen-bond acceptors (Lipinski definition) is 4. The molecule has 4 aromatic rings.